The van der Waals surface area contributed by atoms with Crippen molar-refractivity contribution >= 4 is 24.2 Å². The van der Waals surface area contributed by atoms with Crippen molar-refractivity contribution in [2.24, 2.45) is 0 Å². The average molecular weight is 448 g/mol. The van der Waals surface area contributed by atoms with E-state index in [0.717, 1.165) is 29.7 Å². The standard InChI is InChI=1S/C21H24N2O9/c24-14-29-32-31-16-6-4-15(5-7-16)21-28-13-17(30-21)3-1-2-11-22-18(25)10-12-23-19(26)8-9-20(23)27/h4-9,14,17,21H,1-3,10-13H2,(H,22,25). The van der Waals surface area contributed by atoms with Gasteiger partial charge < -0.3 is 14.8 Å². The third-order valence-corrected chi connectivity index (χ3v) is 4.85. The number of hydrogen-bond acceptors (Lipinski definition) is 9. The summed E-state index contributed by atoms with van der Waals surface area (Å²) in [5.74, 6) is -0.624. The normalized spacial score (nSPS) is 19.9. The van der Waals surface area contributed by atoms with Crippen LogP contribution in [0, 0.1) is 0 Å². The molecule has 1 aromatic carbocycles. The number of nitrogens with zero attached hydrogens (tertiary/aromatic N) is 1. The lowest BCUT2D eigenvalue weighted by Gasteiger charge is -2.13. The van der Waals surface area contributed by atoms with E-state index in [4.69, 9.17) is 14.4 Å². The fourth-order valence-corrected chi connectivity index (χ4v) is 3.21. The predicted molar refractivity (Wildman–Crippen MR) is 106 cm³/mol. The minimum atomic E-state index is -0.480. The molecule has 1 aromatic rings. The Hall–Kier alpha value is -3.28. The van der Waals surface area contributed by atoms with Crippen LogP contribution in [0.2, 0.25) is 0 Å². The lowest BCUT2D eigenvalue weighted by molar-refractivity contribution is -0.431. The molecule has 32 heavy (non-hydrogen) atoms. The molecule has 2 heterocycles. The molecule has 172 valence electrons. The SMILES string of the molecule is O=COOOc1ccc(C2OCC(CCCCNC(=O)CCN3C(=O)C=CC3=O)O2)cc1. The van der Waals surface area contributed by atoms with Crippen LogP contribution in [0.1, 0.15) is 37.5 Å². The van der Waals surface area contributed by atoms with Gasteiger partial charge in [0.15, 0.2) is 12.0 Å². The predicted octanol–water partition coefficient (Wildman–Crippen LogP) is 1.10. The molecule has 1 fully saturated rings. The van der Waals surface area contributed by atoms with Crippen LogP contribution in [0.5, 0.6) is 5.75 Å². The highest BCUT2D eigenvalue weighted by Crippen LogP contribution is 2.30. The number of ether oxygens (including phenoxy) is 2. The molecule has 11 heteroatoms. The lowest BCUT2D eigenvalue weighted by atomic mass is 10.1. The Balaban J connectivity index is 1.26. The number of carbonyl (C=O) groups is 4. The first kappa shape index (κ1) is 23.4. The zero-order valence-electron chi connectivity index (χ0n) is 17.3. The van der Waals surface area contributed by atoms with Crippen molar-refractivity contribution in [3.8, 4) is 5.75 Å². The number of carbonyl (C=O) groups excluding carboxylic acids is 4. The molecule has 2 atom stereocenters. The van der Waals surface area contributed by atoms with Crippen molar-refractivity contribution in [2.75, 3.05) is 19.7 Å². The topological polar surface area (TPSA) is 130 Å². The van der Waals surface area contributed by atoms with E-state index in [1.807, 2.05) is 0 Å². The Morgan fingerprint density at radius 2 is 1.91 bits per heavy atom. The second-order valence-corrected chi connectivity index (χ2v) is 7.09. The average Bonchev–Trinajstić information content (AvgIpc) is 3.39. The van der Waals surface area contributed by atoms with Crippen molar-refractivity contribution in [3.63, 3.8) is 0 Å². The maximum Gasteiger partial charge on any atom is 0.335 e. The van der Waals surface area contributed by atoms with Crippen molar-refractivity contribution in [1.82, 2.24) is 10.2 Å². The van der Waals surface area contributed by atoms with Gasteiger partial charge >= 0.3 is 6.47 Å². The lowest BCUT2D eigenvalue weighted by Crippen LogP contribution is -2.35. The molecule has 0 spiro atoms. The zero-order valence-corrected chi connectivity index (χ0v) is 17.3. The molecule has 2 unspecified atom stereocenters. The summed E-state index contributed by atoms with van der Waals surface area (Å²) in [6.07, 6.45) is 4.36. The van der Waals surface area contributed by atoms with Crippen LogP contribution in [0.4, 0.5) is 0 Å². The number of hydrogen-bond donors (Lipinski definition) is 1. The highest BCUT2D eigenvalue weighted by Gasteiger charge is 2.27. The number of unbranched alkanes of at least 4 members (excludes halogenated alkanes) is 1. The summed E-state index contributed by atoms with van der Waals surface area (Å²) < 4.78 is 11.6. The second kappa shape index (κ2) is 11.9. The summed E-state index contributed by atoms with van der Waals surface area (Å²) in [5, 5.41) is 6.98. The number of imide groups is 1. The van der Waals surface area contributed by atoms with Crippen LogP contribution in [0.15, 0.2) is 36.4 Å². The summed E-state index contributed by atoms with van der Waals surface area (Å²) in [6, 6.07) is 6.75. The van der Waals surface area contributed by atoms with E-state index in [1.165, 1.54) is 12.2 Å². The van der Waals surface area contributed by atoms with E-state index >= 15 is 0 Å². The van der Waals surface area contributed by atoms with Gasteiger partial charge in [0.1, 0.15) is 0 Å². The Kier molecular flexibility index (Phi) is 8.72. The van der Waals surface area contributed by atoms with E-state index in [1.54, 1.807) is 24.3 Å². The van der Waals surface area contributed by atoms with Gasteiger partial charge in [0, 0.05) is 42.3 Å². The molecular formula is C21H24N2O9. The van der Waals surface area contributed by atoms with E-state index in [2.05, 4.69) is 15.2 Å². The smallest absolute Gasteiger partial charge is 0.335 e. The third kappa shape index (κ3) is 6.87. The third-order valence-electron chi connectivity index (χ3n) is 4.85. The molecule has 11 nitrogen and oxygen atoms in total. The molecular weight excluding hydrogens is 424 g/mol. The first-order chi connectivity index (χ1) is 15.6. The minimum Gasteiger partial charge on any atom is -0.356 e. The Morgan fingerprint density at radius 3 is 2.62 bits per heavy atom. The van der Waals surface area contributed by atoms with Crippen LogP contribution in [-0.4, -0.2) is 54.9 Å². The Bertz CT molecular complexity index is 822. The fourth-order valence-electron chi connectivity index (χ4n) is 3.21. The molecule has 3 rings (SSSR count). The highest BCUT2D eigenvalue weighted by molar-refractivity contribution is 6.13. The molecule has 1 saturated heterocycles. The largest absolute Gasteiger partial charge is 0.356 e. The maximum atomic E-state index is 11.9. The maximum absolute atomic E-state index is 11.9. The van der Waals surface area contributed by atoms with Gasteiger partial charge in [-0.3, -0.25) is 33.9 Å². The van der Waals surface area contributed by atoms with Gasteiger partial charge in [-0.25, -0.2) is 0 Å². The van der Waals surface area contributed by atoms with E-state index in [9.17, 15) is 19.2 Å². The van der Waals surface area contributed by atoms with Crippen LogP contribution >= 0.6 is 0 Å². The van der Waals surface area contributed by atoms with E-state index < -0.39 is 6.29 Å². The van der Waals surface area contributed by atoms with Crippen molar-refractivity contribution in [3.05, 3.63) is 42.0 Å². The molecule has 0 radical (unpaired) electrons. The number of benzene rings is 1. The van der Waals surface area contributed by atoms with Gasteiger partial charge in [0.25, 0.3) is 11.8 Å². The Morgan fingerprint density at radius 1 is 1.16 bits per heavy atom. The van der Waals surface area contributed by atoms with Crippen LogP contribution in [-0.2, 0) is 38.6 Å². The molecule has 2 aliphatic heterocycles. The zero-order chi connectivity index (χ0) is 22.8. The summed E-state index contributed by atoms with van der Waals surface area (Å²) >= 11 is 0. The first-order valence-electron chi connectivity index (χ1n) is 10.2. The van der Waals surface area contributed by atoms with Crippen molar-refractivity contribution < 1.29 is 43.5 Å². The summed E-state index contributed by atoms with van der Waals surface area (Å²) in [7, 11) is 0. The molecule has 2 aliphatic rings. The number of nitrogens with one attached hydrogen (secondary N) is 1. The van der Waals surface area contributed by atoms with Crippen molar-refractivity contribution in [1.29, 1.82) is 0 Å². The second-order valence-electron chi connectivity index (χ2n) is 7.09. The van der Waals surface area contributed by atoms with E-state index in [0.29, 0.717) is 18.9 Å². The van der Waals surface area contributed by atoms with Crippen LogP contribution in [0.25, 0.3) is 0 Å². The van der Waals surface area contributed by atoms with Crippen LogP contribution < -0.4 is 10.2 Å². The fraction of sp³-hybridized carbons (Fsp3) is 0.429. The highest BCUT2D eigenvalue weighted by atomic mass is 17.5. The van der Waals surface area contributed by atoms with Gasteiger partial charge in [-0.1, -0.05) is 12.1 Å². The summed E-state index contributed by atoms with van der Waals surface area (Å²) in [5.41, 5.74) is 0.814. The molecule has 3 amide bonds. The van der Waals surface area contributed by atoms with E-state index in [-0.39, 0.29) is 43.3 Å². The molecule has 1 N–H and O–H groups in total. The number of amides is 3. The quantitative estimate of drug-likeness (QED) is 0.155. The minimum absolute atomic E-state index is 0.0457. The van der Waals surface area contributed by atoms with Crippen molar-refractivity contribution in [2.45, 2.75) is 38.1 Å². The first-order valence-corrected chi connectivity index (χ1v) is 10.2. The number of rotatable bonds is 13. The monoisotopic (exact) mass is 448 g/mol. The van der Waals surface area contributed by atoms with Gasteiger partial charge in [-0.15, -0.1) is 0 Å². The summed E-state index contributed by atoms with van der Waals surface area (Å²) in [4.78, 5) is 54.5. The van der Waals surface area contributed by atoms with Crippen LogP contribution in [0.3, 0.4) is 0 Å². The Labute approximate surface area is 184 Å². The molecule has 0 bridgehead atoms. The molecule has 0 aliphatic carbocycles. The van der Waals surface area contributed by atoms with Gasteiger partial charge in [0.2, 0.25) is 5.91 Å². The van der Waals surface area contributed by atoms with Gasteiger partial charge in [-0.2, -0.15) is 0 Å². The van der Waals surface area contributed by atoms with Gasteiger partial charge in [-0.05, 0) is 31.4 Å². The van der Waals surface area contributed by atoms with Gasteiger partial charge in [0.05, 0.1) is 12.7 Å². The summed E-state index contributed by atoms with van der Waals surface area (Å²) in [6.45, 7) is 1.16. The molecule has 0 saturated carbocycles. The molecule has 0 aromatic heterocycles.